The molecule has 0 saturated carbocycles. The molecule has 0 unspecified atom stereocenters. The lowest BCUT2D eigenvalue weighted by atomic mass is 9.93. The maximum absolute atomic E-state index is 4.76. The minimum absolute atomic E-state index is 0.0962. The Kier molecular flexibility index (Phi) is 7.65. The van der Waals surface area contributed by atoms with Gasteiger partial charge in [-0.05, 0) is 26.7 Å². The Morgan fingerprint density at radius 3 is 2.62 bits per heavy atom. The molecule has 1 saturated heterocycles. The maximum atomic E-state index is 4.76. The van der Waals surface area contributed by atoms with Gasteiger partial charge in [-0.15, -0.1) is 11.3 Å². The second-order valence-corrected chi connectivity index (χ2v) is 9.17. The van der Waals surface area contributed by atoms with Gasteiger partial charge in [-0.25, -0.2) is 9.98 Å². The van der Waals surface area contributed by atoms with E-state index in [0.29, 0.717) is 12.6 Å². The molecule has 0 radical (unpaired) electrons. The number of thiazole rings is 1. The number of aliphatic imine (C=N–C) groups is 1. The molecule has 1 aromatic heterocycles. The van der Waals surface area contributed by atoms with Crippen LogP contribution in [0, 0.1) is 0 Å². The largest absolute Gasteiger partial charge is 0.357 e. The first-order chi connectivity index (χ1) is 12.3. The van der Waals surface area contributed by atoms with Crippen molar-refractivity contribution in [2.45, 2.75) is 65.5 Å². The highest BCUT2D eigenvalue weighted by Crippen LogP contribution is 2.24. The summed E-state index contributed by atoms with van der Waals surface area (Å²) in [5.74, 6) is 0.901. The van der Waals surface area contributed by atoms with Crippen LogP contribution in [-0.2, 0) is 12.0 Å². The third-order valence-electron chi connectivity index (χ3n) is 4.46. The first-order valence-corrected chi connectivity index (χ1v) is 10.5. The van der Waals surface area contributed by atoms with E-state index < -0.39 is 0 Å². The average molecular weight is 378 g/mol. The molecular weight excluding hydrogens is 342 g/mol. The summed E-state index contributed by atoms with van der Waals surface area (Å²) in [6.45, 7) is 19.6. The second-order valence-electron chi connectivity index (χ2n) is 8.22. The van der Waals surface area contributed by atoms with Gasteiger partial charge < -0.3 is 10.6 Å². The van der Waals surface area contributed by atoms with E-state index in [9.17, 15) is 0 Å². The van der Waals surface area contributed by atoms with Crippen LogP contribution < -0.4 is 10.6 Å². The fourth-order valence-electron chi connectivity index (χ4n) is 3.01. The number of rotatable bonds is 6. The third-order valence-corrected chi connectivity index (χ3v) is 5.29. The van der Waals surface area contributed by atoms with Gasteiger partial charge in [-0.2, -0.15) is 0 Å². The van der Waals surface area contributed by atoms with Crippen molar-refractivity contribution in [1.29, 1.82) is 0 Å². The zero-order valence-corrected chi connectivity index (χ0v) is 17.9. The smallest absolute Gasteiger partial charge is 0.191 e. The summed E-state index contributed by atoms with van der Waals surface area (Å²) in [5.41, 5.74) is 2.49. The summed E-state index contributed by atoms with van der Waals surface area (Å²) in [7, 11) is 0. The van der Waals surface area contributed by atoms with E-state index in [-0.39, 0.29) is 5.41 Å². The summed E-state index contributed by atoms with van der Waals surface area (Å²) in [6, 6.07) is 0.482. The van der Waals surface area contributed by atoms with Gasteiger partial charge in [-0.1, -0.05) is 32.9 Å². The topological polar surface area (TPSA) is 52.5 Å². The fourth-order valence-corrected chi connectivity index (χ4v) is 3.95. The monoisotopic (exact) mass is 377 g/mol. The molecule has 0 aliphatic carbocycles. The number of nitrogens with zero attached hydrogens (tertiary/aromatic N) is 3. The Balaban J connectivity index is 1.89. The molecule has 1 aromatic rings. The Bertz CT molecular complexity index is 606. The summed E-state index contributed by atoms with van der Waals surface area (Å²) in [4.78, 5) is 12.0. The van der Waals surface area contributed by atoms with Crippen molar-refractivity contribution in [2.75, 3.05) is 26.2 Å². The van der Waals surface area contributed by atoms with Crippen LogP contribution in [0.5, 0.6) is 0 Å². The molecular formula is C20H35N5S. The number of guanidine groups is 1. The SMILES string of the molecule is C=C(C)CN1CCC(NC(=NCc2nc(C(C)(C)C)cs2)NCC)CC1. The summed E-state index contributed by atoms with van der Waals surface area (Å²) < 4.78 is 0. The van der Waals surface area contributed by atoms with Crippen LogP contribution in [0.25, 0.3) is 0 Å². The molecule has 146 valence electrons. The molecule has 1 fully saturated rings. The number of hydrogen-bond acceptors (Lipinski definition) is 4. The summed E-state index contributed by atoms with van der Waals surface area (Å²) >= 11 is 1.70. The highest BCUT2D eigenvalue weighted by molar-refractivity contribution is 7.09. The van der Waals surface area contributed by atoms with Crippen molar-refractivity contribution in [1.82, 2.24) is 20.5 Å². The van der Waals surface area contributed by atoms with Crippen molar-refractivity contribution in [2.24, 2.45) is 4.99 Å². The molecule has 2 heterocycles. The number of nitrogens with one attached hydrogen (secondary N) is 2. The first kappa shape index (κ1) is 20.9. The second kappa shape index (κ2) is 9.51. The van der Waals surface area contributed by atoms with Crippen molar-refractivity contribution in [3.8, 4) is 0 Å². The van der Waals surface area contributed by atoms with E-state index in [1.165, 1.54) is 5.57 Å². The number of hydrogen-bond donors (Lipinski definition) is 2. The predicted molar refractivity (Wildman–Crippen MR) is 113 cm³/mol. The Morgan fingerprint density at radius 1 is 1.38 bits per heavy atom. The quantitative estimate of drug-likeness (QED) is 0.452. The summed E-state index contributed by atoms with van der Waals surface area (Å²) in [5, 5.41) is 10.2. The minimum Gasteiger partial charge on any atom is -0.357 e. The van der Waals surface area contributed by atoms with E-state index in [4.69, 9.17) is 9.98 Å². The molecule has 0 spiro atoms. The van der Waals surface area contributed by atoms with Gasteiger partial charge in [0, 0.05) is 43.0 Å². The molecule has 2 rings (SSSR count). The highest BCUT2D eigenvalue weighted by atomic mass is 32.1. The Labute approximate surface area is 163 Å². The van der Waals surface area contributed by atoms with Gasteiger partial charge in [0.15, 0.2) is 5.96 Å². The van der Waals surface area contributed by atoms with Crippen molar-refractivity contribution >= 4 is 17.3 Å². The Hall–Kier alpha value is -1.40. The van der Waals surface area contributed by atoms with Gasteiger partial charge in [-0.3, -0.25) is 4.90 Å². The van der Waals surface area contributed by atoms with Gasteiger partial charge >= 0.3 is 0 Å². The van der Waals surface area contributed by atoms with E-state index >= 15 is 0 Å². The van der Waals surface area contributed by atoms with E-state index in [1.54, 1.807) is 11.3 Å². The van der Waals surface area contributed by atoms with Gasteiger partial charge in [0.2, 0.25) is 0 Å². The lowest BCUT2D eigenvalue weighted by Crippen LogP contribution is -2.48. The van der Waals surface area contributed by atoms with Crippen molar-refractivity contribution in [3.63, 3.8) is 0 Å². The zero-order chi connectivity index (χ0) is 19.2. The van der Waals surface area contributed by atoms with E-state index in [1.807, 2.05) is 0 Å². The van der Waals surface area contributed by atoms with Crippen LogP contribution in [0.2, 0.25) is 0 Å². The van der Waals surface area contributed by atoms with Crippen LogP contribution in [0.15, 0.2) is 22.5 Å². The van der Waals surface area contributed by atoms with Gasteiger partial charge in [0.25, 0.3) is 0 Å². The molecule has 0 atom stereocenters. The molecule has 5 nitrogen and oxygen atoms in total. The van der Waals surface area contributed by atoms with Crippen molar-refractivity contribution in [3.05, 3.63) is 28.2 Å². The number of likely N-dealkylation sites (tertiary alicyclic amines) is 1. The minimum atomic E-state index is 0.0962. The van der Waals surface area contributed by atoms with E-state index in [2.05, 4.69) is 62.1 Å². The maximum Gasteiger partial charge on any atom is 0.191 e. The molecule has 0 bridgehead atoms. The average Bonchev–Trinajstić information content (AvgIpc) is 3.03. The summed E-state index contributed by atoms with van der Waals surface area (Å²) in [6.07, 6.45) is 2.28. The highest BCUT2D eigenvalue weighted by Gasteiger charge is 2.20. The lowest BCUT2D eigenvalue weighted by Gasteiger charge is -2.33. The molecule has 6 heteroatoms. The molecule has 1 aliphatic heterocycles. The van der Waals surface area contributed by atoms with Crippen LogP contribution in [0.1, 0.15) is 58.2 Å². The van der Waals surface area contributed by atoms with E-state index in [0.717, 1.165) is 55.7 Å². The molecule has 1 aliphatic rings. The number of piperidine rings is 1. The van der Waals surface area contributed by atoms with Gasteiger partial charge in [0.05, 0.1) is 12.2 Å². The van der Waals surface area contributed by atoms with Crippen molar-refractivity contribution < 1.29 is 0 Å². The van der Waals surface area contributed by atoms with Crippen LogP contribution in [0.4, 0.5) is 0 Å². The predicted octanol–water partition coefficient (Wildman–Crippen LogP) is 3.54. The van der Waals surface area contributed by atoms with Gasteiger partial charge in [0.1, 0.15) is 5.01 Å². The molecule has 0 aromatic carbocycles. The number of aromatic nitrogens is 1. The lowest BCUT2D eigenvalue weighted by molar-refractivity contribution is 0.221. The molecule has 26 heavy (non-hydrogen) atoms. The van der Waals surface area contributed by atoms with Crippen LogP contribution in [-0.4, -0.2) is 48.1 Å². The third kappa shape index (κ3) is 6.72. The first-order valence-electron chi connectivity index (χ1n) is 9.64. The zero-order valence-electron chi connectivity index (χ0n) is 17.1. The molecule has 2 N–H and O–H groups in total. The Morgan fingerprint density at radius 2 is 2.08 bits per heavy atom. The fraction of sp³-hybridized carbons (Fsp3) is 0.700. The molecule has 0 amide bonds. The van der Waals surface area contributed by atoms with Crippen LogP contribution >= 0.6 is 11.3 Å². The normalized spacial score (nSPS) is 17.3. The van der Waals surface area contributed by atoms with Crippen LogP contribution in [0.3, 0.4) is 0 Å². The standard InChI is InChI=1S/C20H35N5S/c1-7-21-19(22-12-18-24-17(14-26-18)20(4,5)6)23-16-8-10-25(11-9-16)13-15(2)3/h14,16H,2,7-13H2,1,3-6H3,(H2,21,22,23).